The van der Waals surface area contributed by atoms with Crippen molar-refractivity contribution in [3.05, 3.63) is 23.8 Å². The van der Waals surface area contributed by atoms with E-state index in [4.69, 9.17) is 19.3 Å². The van der Waals surface area contributed by atoms with Crippen LogP contribution in [0.1, 0.15) is 13.3 Å². The van der Waals surface area contributed by atoms with Gasteiger partial charge in [-0.3, -0.25) is 0 Å². The van der Waals surface area contributed by atoms with Gasteiger partial charge in [-0.2, -0.15) is 0 Å². The van der Waals surface area contributed by atoms with Crippen LogP contribution in [0.15, 0.2) is 23.8 Å². The summed E-state index contributed by atoms with van der Waals surface area (Å²) in [5.74, 6) is 0.694. The fourth-order valence-electron chi connectivity index (χ4n) is 1.86. The van der Waals surface area contributed by atoms with Gasteiger partial charge in [-0.15, -0.1) is 0 Å². The SMILES string of the molecule is CC/C(=C/CNc1cc(OC)c(OC)c(OC)c1)C(=O)O. The maximum absolute atomic E-state index is 10.9. The zero-order chi connectivity index (χ0) is 15.8. The van der Waals surface area contributed by atoms with Crippen molar-refractivity contribution in [3.8, 4) is 17.2 Å². The van der Waals surface area contributed by atoms with Crippen LogP contribution in [0.25, 0.3) is 0 Å². The first-order valence-electron chi connectivity index (χ1n) is 6.53. The molecule has 1 rings (SSSR count). The number of methoxy groups -OCH3 is 3. The molecule has 6 nitrogen and oxygen atoms in total. The van der Waals surface area contributed by atoms with E-state index in [0.29, 0.717) is 35.8 Å². The van der Waals surface area contributed by atoms with Gasteiger partial charge in [0.25, 0.3) is 0 Å². The molecule has 0 aliphatic carbocycles. The van der Waals surface area contributed by atoms with Gasteiger partial charge in [-0.25, -0.2) is 4.79 Å². The predicted molar refractivity (Wildman–Crippen MR) is 80.6 cm³/mol. The number of carboxylic acid groups (broad SMARTS) is 1. The van der Waals surface area contributed by atoms with Gasteiger partial charge >= 0.3 is 5.97 Å². The Balaban J connectivity index is 2.92. The number of hydrogen-bond donors (Lipinski definition) is 2. The minimum Gasteiger partial charge on any atom is -0.493 e. The second kappa shape index (κ2) is 8.04. The molecule has 0 aliphatic heterocycles. The average Bonchev–Trinajstić information content (AvgIpc) is 2.49. The standard InChI is InChI=1S/C15H21NO5/c1-5-10(15(17)18)6-7-16-11-8-12(19-2)14(21-4)13(9-11)20-3/h6,8-9,16H,5,7H2,1-4H3,(H,17,18)/b10-6-. The van der Waals surface area contributed by atoms with Crippen molar-refractivity contribution in [2.45, 2.75) is 13.3 Å². The molecule has 116 valence electrons. The van der Waals surface area contributed by atoms with Crippen LogP contribution in [0.4, 0.5) is 5.69 Å². The summed E-state index contributed by atoms with van der Waals surface area (Å²) in [4.78, 5) is 10.9. The van der Waals surface area contributed by atoms with Gasteiger partial charge in [-0.1, -0.05) is 13.0 Å². The molecule has 0 spiro atoms. The second-order valence-electron chi connectivity index (χ2n) is 4.18. The zero-order valence-electron chi connectivity index (χ0n) is 12.7. The number of rotatable bonds is 8. The molecule has 0 aliphatic rings. The number of carbonyl (C=O) groups is 1. The maximum atomic E-state index is 10.9. The highest BCUT2D eigenvalue weighted by atomic mass is 16.5. The number of hydrogen-bond acceptors (Lipinski definition) is 5. The van der Waals surface area contributed by atoms with E-state index in [1.807, 2.05) is 0 Å². The Kier molecular flexibility index (Phi) is 6.39. The maximum Gasteiger partial charge on any atom is 0.331 e. The van der Waals surface area contributed by atoms with Crippen LogP contribution in [0.2, 0.25) is 0 Å². The molecular weight excluding hydrogens is 274 g/mol. The molecule has 1 aromatic rings. The second-order valence-corrected chi connectivity index (χ2v) is 4.18. The van der Waals surface area contributed by atoms with Gasteiger partial charge in [0.05, 0.1) is 21.3 Å². The Labute approximate surface area is 124 Å². The van der Waals surface area contributed by atoms with E-state index < -0.39 is 5.97 Å². The minimum atomic E-state index is -0.899. The Hall–Kier alpha value is -2.37. The molecule has 0 unspecified atom stereocenters. The van der Waals surface area contributed by atoms with Crippen molar-refractivity contribution in [1.82, 2.24) is 0 Å². The third kappa shape index (κ3) is 4.30. The molecule has 0 fully saturated rings. The van der Waals surface area contributed by atoms with Gasteiger partial charge in [0.1, 0.15) is 0 Å². The van der Waals surface area contributed by atoms with Crippen molar-refractivity contribution in [2.24, 2.45) is 0 Å². The topological polar surface area (TPSA) is 77.0 Å². The highest BCUT2D eigenvalue weighted by molar-refractivity contribution is 5.86. The van der Waals surface area contributed by atoms with Gasteiger partial charge < -0.3 is 24.6 Å². The number of benzene rings is 1. The normalized spacial score (nSPS) is 11.0. The molecule has 1 aromatic carbocycles. The Morgan fingerprint density at radius 3 is 2.14 bits per heavy atom. The van der Waals surface area contributed by atoms with Crippen LogP contribution >= 0.6 is 0 Å². The number of anilines is 1. The van der Waals surface area contributed by atoms with Crippen LogP contribution in [0.5, 0.6) is 17.2 Å². The fourth-order valence-corrected chi connectivity index (χ4v) is 1.86. The van der Waals surface area contributed by atoms with Crippen LogP contribution in [-0.4, -0.2) is 38.9 Å². The lowest BCUT2D eigenvalue weighted by Gasteiger charge is -2.14. The van der Waals surface area contributed by atoms with Crippen LogP contribution < -0.4 is 19.5 Å². The first-order valence-corrected chi connectivity index (χ1v) is 6.53. The molecular formula is C15H21NO5. The average molecular weight is 295 g/mol. The summed E-state index contributed by atoms with van der Waals surface area (Å²) in [6, 6.07) is 3.53. The summed E-state index contributed by atoms with van der Waals surface area (Å²) in [6.45, 7) is 2.20. The molecule has 0 saturated carbocycles. The number of carboxylic acids is 1. The summed E-state index contributed by atoms with van der Waals surface area (Å²) < 4.78 is 15.7. The quantitative estimate of drug-likeness (QED) is 0.718. The van der Waals surface area contributed by atoms with Gasteiger partial charge in [0, 0.05) is 29.9 Å². The van der Waals surface area contributed by atoms with E-state index in [9.17, 15) is 4.79 Å². The van der Waals surface area contributed by atoms with Crippen molar-refractivity contribution >= 4 is 11.7 Å². The molecule has 0 radical (unpaired) electrons. The predicted octanol–water partition coefficient (Wildman–Crippen LogP) is 2.55. The Morgan fingerprint density at radius 2 is 1.76 bits per heavy atom. The number of aliphatic carboxylic acids is 1. The lowest BCUT2D eigenvalue weighted by atomic mass is 10.2. The van der Waals surface area contributed by atoms with E-state index in [-0.39, 0.29) is 0 Å². The van der Waals surface area contributed by atoms with Crippen LogP contribution in [0.3, 0.4) is 0 Å². The molecule has 21 heavy (non-hydrogen) atoms. The summed E-state index contributed by atoms with van der Waals surface area (Å²) in [6.07, 6.45) is 2.12. The smallest absolute Gasteiger partial charge is 0.331 e. The monoisotopic (exact) mass is 295 g/mol. The molecule has 0 saturated heterocycles. The first-order chi connectivity index (χ1) is 10.1. The van der Waals surface area contributed by atoms with E-state index in [1.165, 1.54) is 7.11 Å². The first kappa shape index (κ1) is 16.7. The van der Waals surface area contributed by atoms with Crippen LogP contribution in [0, 0.1) is 0 Å². The molecule has 0 amide bonds. The molecule has 0 heterocycles. The van der Waals surface area contributed by atoms with E-state index in [0.717, 1.165) is 5.69 Å². The lowest BCUT2D eigenvalue weighted by molar-refractivity contribution is -0.132. The van der Waals surface area contributed by atoms with E-state index in [1.54, 1.807) is 39.4 Å². The Bertz CT molecular complexity index is 500. The summed E-state index contributed by atoms with van der Waals surface area (Å²) in [5, 5.41) is 12.1. The molecule has 0 atom stereocenters. The summed E-state index contributed by atoms with van der Waals surface area (Å²) >= 11 is 0. The third-order valence-corrected chi connectivity index (χ3v) is 2.97. The van der Waals surface area contributed by atoms with Gasteiger partial charge in [-0.05, 0) is 6.42 Å². The van der Waals surface area contributed by atoms with Crippen molar-refractivity contribution < 1.29 is 24.1 Å². The van der Waals surface area contributed by atoms with Crippen molar-refractivity contribution in [2.75, 3.05) is 33.2 Å². The summed E-state index contributed by atoms with van der Waals surface area (Å²) in [7, 11) is 4.62. The van der Waals surface area contributed by atoms with Crippen molar-refractivity contribution in [1.29, 1.82) is 0 Å². The molecule has 0 bridgehead atoms. The van der Waals surface area contributed by atoms with E-state index >= 15 is 0 Å². The Morgan fingerprint density at radius 1 is 1.19 bits per heavy atom. The lowest BCUT2D eigenvalue weighted by Crippen LogP contribution is -2.05. The highest BCUT2D eigenvalue weighted by Gasteiger charge is 2.12. The minimum absolute atomic E-state index is 0.370. The fraction of sp³-hybridized carbons (Fsp3) is 0.400. The number of ether oxygens (including phenoxy) is 3. The van der Waals surface area contributed by atoms with Crippen molar-refractivity contribution in [3.63, 3.8) is 0 Å². The third-order valence-electron chi connectivity index (χ3n) is 2.97. The van der Waals surface area contributed by atoms with Gasteiger partial charge in [0.2, 0.25) is 5.75 Å². The highest BCUT2D eigenvalue weighted by Crippen LogP contribution is 2.39. The molecule has 6 heteroatoms. The number of nitrogens with one attached hydrogen (secondary N) is 1. The van der Waals surface area contributed by atoms with E-state index in [2.05, 4.69) is 5.32 Å². The molecule has 2 N–H and O–H groups in total. The zero-order valence-corrected chi connectivity index (χ0v) is 12.7. The summed E-state index contributed by atoms with van der Waals surface area (Å²) in [5.41, 5.74) is 1.12. The van der Waals surface area contributed by atoms with Gasteiger partial charge in [0.15, 0.2) is 11.5 Å². The van der Waals surface area contributed by atoms with Crippen LogP contribution in [-0.2, 0) is 4.79 Å². The molecule has 0 aromatic heterocycles. The largest absolute Gasteiger partial charge is 0.493 e.